The quantitative estimate of drug-likeness (QED) is 0.128. The molecule has 0 unspecified atom stereocenters. The molecule has 0 amide bonds. The van der Waals surface area contributed by atoms with Gasteiger partial charge in [0.1, 0.15) is 5.60 Å². The summed E-state index contributed by atoms with van der Waals surface area (Å²) >= 11 is 3.64. The highest BCUT2D eigenvalue weighted by Crippen LogP contribution is 2.59. The number of esters is 1. The topological polar surface area (TPSA) is 33.9 Å². The van der Waals surface area contributed by atoms with E-state index in [1.54, 1.807) is 11.3 Å². The molecule has 11 rings (SSSR count). The average molecular weight is 833 g/mol. The zero-order chi connectivity index (χ0) is 41.7. The summed E-state index contributed by atoms with van der Waals surface area (Å²) in [7, 11) is 0. The Morgan fingerprint density at radius 1 is 0.590 bits per heavy atom. The van der Waals surface area contributed by atoms with Crippen molar-refractivity contribution in [2.75, 3.05) is 4.90 Å². The van der Waals surface area contributed by atoms with Gasteiger partial charge in [-0.2, -0.15) is 0 Å². The summed E-state index contributed by atoms with van der Waals surface area (Å²) in [5.74, 6) is -0.548. The smallest absolute Gasteiger partial charge is 0.337 e. The molecule has 0 N–H and O–H groups in total. The van der Waals surface area contributed by atoms with Crippen molar-refractivity contribution in [3.05, 3.63) is 176 Å². The minimum atomic E-state index is -0.833. The van der Waals surface area contributed by atoms with Crippen molar-refractivity contribution >= 4 is 61.2 Å². The van der Waals surface area contributed by atoms with Crippen LogP contribution in [0.15, 0.2) is 127 Å². The number of carbonyl (C=O) groups excluding carboxylic acids is 1. The maximum Gasteiger partial charge on any atom is 0.337 e. The minimum absolute atomic E-state index is 0. The standard InChI is InChI=1S/C54H44N2O2S2.CH4/c1-51(2)39-16-12-10-14-34(39)36-22-18-30(26-42(36)51)56(31-19-23-37-35-15-11-13-17-40(35)52(3,4)43(37)27-31)32-20-24-38-44(28-32)53(5,6)46-48(38)60-45-29-33(59-49(45)46)21-25-41-47(55-9)50(57)58-54(41,7)8;/h10-29H,1-8H3;1H4/b25-21+;. The summed E-state index contributed by atoms with van der Waals surface area (Å²) in [5.41, 5.74) is 17.6. The van der Waals surface area contributed by atoms with Crippen LogP contribution in [0.4, 0.5) is 17.1 Å². The summed E-state index contributed by atoms with van der Waals surface area (Å²) in [6, 6.07) is 41.3. The van der Waals surface area contributed by atoms with E-state index in [-0.39, 0.29) is 29.4 Å². The first kappa shape index (κ1) is 39.2. The molecule has 61 heavy (non-hydrogen) atoms. The van der Waals surface area contributed by atoms with Crippen molar-refractivity contribution in [2.24, 2.45) is 0 Å². The Kier molecular flexibility index (Phi) is 8.35. The van der Waals surface area contributed by atoms with Crippen LogP contribution in [0, 0.1) is 6.57 Å². The van der Waals surface area contributed by atoms with Crippen molar-refractivity contribution in [3.8, 4) is 32.7 Å². The van der Waals surface area contributed by atoms with Crippen molar-refractivity contribution in [3.63, 3.8) is 0 Å². The van der Waals surface area contributed by atoms with Crippen molar-refractivity contribution in [2.45, 2.75) is 84.7 Å². The summed E-state index contributed by atoms with van der Waals surface area (Å²) in [5, 5.41) is 0. The number of hydrogen-bond donors (Lipinski definition) is 0. The summed E-state index contributed by atoms with van der Waals surface area (Å²) in [4.78, 5) is 20.8. The van der Waals surface area contributed by atoms with E-state index in [2.05, 4.69) is 160 Å². The molecule has 7 aromatic rings. The molecule has 0 spiro atoms. The maximum absolute atomic E-state index is 12.4. The predicted molar refractivity (Wildman–Crippen MR) is 257 cm³/mol. The lowest BCUT2D eigenvalue weighted by atomic mass is 9.81. The zero-order valence-corrected chi connectivity index (χ0v) is 36.7. The number of cyclic esters (lactones) is 1. The first-order valence-electron chi connectivity index (χ1n) is 20.7. The van der Waals surface area contributed by atoms with Crippen LogP contribution in [0.2, 0.25) is 0 Å². The van der Waals surface area contributed by atoms with Crippen LogP contribution in [0.3, 0.4) is 0 Å². The van der Waals surface area contributed by atoms with E-state index in [4.69, 9.17) is 11.3 Å². The minimum Gasteiger partial charge on any atom is -0.461 e. The third-order valence-corrected chi connectivity index (χ3v) is 16.2. The number of nitrogens with zero attached hydrogens (tertiary/aromatic N) is 2. The molecule has 0 bridgehead atoms. The van der Waals surface area contributed by atoms with Gasteiger partial charge in [-0.25, -0.2) is 4.85 Å². The predicted octanol–water partition coefficient (Wildman–Crippen LogP) is 15.5. The summed E-state index contributed by atoms with van der Waals surface area (Å²) in [6.07, 6.45) is 3.93. The lowest BCUT2D eigenvalue weighted by molar-refractivity contribution is -0.144. The van der Waals surface area contributed by atoms with Gasteiger partial charge in [-0.05, 0) is 124 Å². The summed E-state index contributed by atoms with van der Waals surface area (Å²) in [6.45, 7) is 25.4. The number of hydrogen-bond acceptors (Lipinski definition) is 5. The first-order chi connectivity index (χ1) is 28.6. The van der Waals surface area contributed by atoms with Gasteiger partial charge >= 0.3 is 5.97 Å². The third kappa shape index (κ3) is 5.36. The van der Waals surface area contributed by atoms with Gasteiger partial charge in [0.25, 0.3) is 5.70 Å². The molecule has 4 aliphatic rings. The molecule has 0 radical (unpaired) electrons. The Labute approximate surface area is 367 Å². The van der Waals surface area contributed by atoms with Crippen molar-refractivity contribution in [1.29, 1.82) is 0 Å². The van der Waals surface area contributed by atoms with Crippen LogP contribution in [0.25, 0.3) is 53.0 Å². The number of fused-ring (bicyclic) bond motifs is 11. The fraction of sp³-hybridized carbons (Fsp3) is 0.236. The van der Waals surface area contributed by atoms with Crippen LogP contribution in [0.1, 0.15) is 101 Å². The van der Waals surface area contributed by atoms with Crippen LogP contribution in [-0.4, -0.2) is 11.6 Å². The Bertz CT molecular complexity index is 3070. The molecule has 1 aliphatic heterocycles. The van der Waals surface area contributed by atoms with Crippen LogP contribution < -0.4 is 4.90 Å². The Morgan fingerprint density at radius 3 is 1.62 bits per heavy atom. The normalized spacial score (nSPS) is 17.6. The van der Waals surface area contributed by atoms with Gasteiger partial charge in [-0.15, -0.1) is 22.7 Å². The lowest BCUT2D eigenvalue weighted by Gasteiger charge is -2.31. The molecule has 4 nitrogen and oxygen atoms in total. The third-order valence-electron chi connectivity index (χ3n) is 13.8. The second-order valence-corrected chi connectivity index (χ2v) is 20.9. The maximum atomic E-state index is 12.4. The zero-order valence-electron chi connectivity index (χ0n) is 35.1. The van der Waals surface area contributed by atoms with Crippen LogP contribution in [0.5, 0.6) is 0 Å². The van der Waals surface area contributed by atoms with Gasteiger partial charge in [-0.3, -0.25) is 4.79 Å². The van der Waals surface area contributed by atoms with E-state index in [1.165, 1.54) is 75.5 Å². The number of thiophene rings is 2. The fourth-order valence-electron chi connectivity index (χ4n) is 10.7. The van der Waals surface area contributed by atoms with Gasteiger partial charge in [0, 0.05) is 53.3 Å². The molecule has 6 heteroatoms. The van der Waals surface area contributed by atoms with Gasteiger partial charge in [0.05, 0.1) is 11.3 Å². The monoisotopic (exact) mass is 832 g/mol. The van der Waals surface area contributed by atoms with E-state index in [0.717, 1.165) is 21.9 Å². The van der Waals surface area contributed by atoms with Gasteiger partial charge in [0.15, 0.2) is 0 Å². The number of benzene rings is 5. The summed E-state index contributed by atoms with van der Waals surface area (Å²) < 4.78 is 8.07. The highest BCUT2D eigenvalue weighted by Gasteiger charge is 2.42. The lowest BCUT2D eigenvalue weighted by Crippen LogP contribution is -2.22. The largest absolute Gasteiger partial charge is 0.461 e. The number of rotatable bonds is 5. The van der Waals surface area contributed by atoms with Gasteiger partial charge in [0.2, 0.25) is 0 Å². The first-order valence-corrected chi connectivity index (χ1v) is 22.3. The Balaban J connectivity index is 0.00000445. The van der Waals surface area contributed by atoms with Crippen LogP contribution in [-0.2, 0) is 25.8 Å². The molecule has 5 aromatic carbocycles. The number of ether oxygens (including phenoxy) is 1. The van der Waals surface area contributed by atoms with E-state index in [1.807, 2.05) is 37.3 Å². The Hall–Kier alpha value is -6.00. The van der Waals surface area contributed by atoms with E-state index in [0.29, 0.717) is 5.57 Å². The van der Waals surface area contributed by atoms with E-state index in [9.17, 15) is 4.79 Å². The molecule has 0 atom stereocenters. The number of anilines is 3. The van der Waals surface area contributed by atoms with Crippen molar-refractivity contribution in [1.82, 2.24) is 0 Å². The van der Waals surface area contributed by atoms with Gasteiger partial charge in [-0.1, -0.05) is 122 Å². The molecule has 0 saturated heterocycles. The molecule has 3 heterocycles. The average Bonchev–Trinajstić information content (AvgIpc) is 3.99. The second kappa shape index (κ2) is 13.0. The molecule has 3 aliphatic carbocycles. The van der Waals surface area contributed by atoms with Crippen LogP contribution >= 0.6 is 22.7 Å². The Morgan fingerprint density at radius 2 is 1.08 bits per heavy atom. The number of carbonyl (C=O) groups is 1. The van der Waals surface area contributed by atoms with Gasteiger partial charge < -0.3 is 9.64 Å². The molecule has 302 valence electrons. The molecule has 0 saturated carbocycles. The fourth-order valence-corrected chi connectivity index (χ4v) is 13.6. The molecule has 2 aromatic heterocycles. The molecular weight excluding hydrogens is 785 g/mol. The van der Waals surface area contributed by atoms with E-state index < -0.39 is 11.6 Å². The molecular formula is C55H48N2O2S2. The highest BCUT2D eigenvalue weighted by atomic mass is 32.1. The SMILES string of the molecule is C.[C-]#[N+]C1=C(/C=C/c2cc3sc4c(c3s2)C(C)(C)c2cc(N(c3ccc5c(c3)C(C)(C)c3ccccc3-5)c3ccc5c(c3)C(C)(C)c3ccccc3-5)ccc2-4)C(C)(C)OC1=O. The van der Waals surface area contributed by atoms with Crippen molar-refractivity contribution < 1.29 is 9.53 Å². The highest BCUT2D eigenvalue weighted by molar-refractivity contribution is 7.30. The van der Waals surface area contributed by atoms with E-state index >= 15 is 0 Å². The second-order valence-electron chi connectivity index (χ2n) is 18.7. The molecule has 0 fully saturated rings.